The molecule has 0 radical (unpaired) electrons. The van der Waals surface area contributed by atoms with Crippen LogP contribution in [0.1, 0.15) is 25.6 Å². The molecule has 0 spiro atoms. The second-order valence-electron chi connectivity index (χ2n) is 4.03. The van der Waals surface area contributed by atoms with Gasteiger partial charge in [0.15, 0.2) is 0 Å². The molecule has 1 rings (SSSR count). The molecule has 8 heteroatoms. The molecular formula is C11H16F3N3O2. The molecule has 0 saturated carbocycles. The quantitative estimate of drug-likeness (QED) is 0.680. The Balaban J connectivity index is 2.29. The number of aromatic nitrogens is 3. The summed E-state index contributed by atoms with van der Waals surface area (Å²) < 4.78 is 41.4. The summed E-state index contributed by atoms with van der Waals surface area (Å²) in [5, 5.41) is 3.96. The van der Waals surface area contributed by atoms with Crippen LogP contribution in [0, 0.1) is 0 Å². The number of aryl methyl sites for hydroxylation is 1. The van der Waals surface area contributed by atoms with E-state index in [9.17, 15) is 18.0 Å². The van der Waals surface area contributed by atoms with E-state index in [0.29, 0.717) is 12.4 Å². The Morgan fingerprint density at radius 2 is 2.21 bits per heavy atom. The number of hydrogen-bond donors (Lipinski definition) is 0. The van der Waals surface area contributed by atoms with Gasteiger partial charge in [0.05, 0.1) is 13.0 Å². The Bertz CT molecular complexity index is 404. The van der Waals surface area contributed by atoms with Gasteiger partial charge in [-0.05, 0) is 6.42 Å². The van der Waals surface area contributed by atoms with Gasteiger partial charge < -0.3 is 4.74 Å². The summed E-state index contributed by atoms with van der Waals surface area (Å²) in [6, 6.07) is 0. The van der Waals surface area contributed by atoms with Gasteiger partial charge in [0, 0.05) is 13.0 Å². The number of Topliss-reactive ketones (excluding diaryl/α,β-unsaturated/α-hetero) is 1. The van der Waals surface area contributed by atoms with Crippen molar-refractivity contribution in [2.75, 3.05) is 13.2 Å². The molecular weight excluding hydrogens is 263 g/mol. The number of hydrogen-bond acceptors (Lipinski definition) is 4. The first kappa shape index (κ1) is 15.6. The van der Waals surface area contributed by atoms with Crippen LogP contribution in [-0.4, -0.2) is 39.9 Å². The third-order valence-corrected chi connectivity index (χ3v) is 2.28. The summed E-state index contributed by atoms with van der Waals surface area (Å²) in [5.74, 6) is 0.315. The van der Waals surface area contributed by atoms with Gasteiger partial charge in [-0.1, -0.05) is 6.92 Å². The maximum atomic E-state index is 11.8. The highest BCUT2D eigenvalue weighted by Crippen LogP contribution is 2.14. The molecule has 0 aromatic carbocycles. The lowest BCUT2D eigenvalue weighted by Crippen LogP contribution is -2.19. The van der Waals surface area contributed by atoms with E-state index in [4.69, 9.17) is 0 Å². The molecule has 0 aliphatic heterocycles. The van der Waals surface area contributed by atoms with Gasteiger partial charge >= 0.3 is 6.18 Å². The number of nitrogens with zero attached hydrogens (tertiary/aromatic N) is 3. The first-order chi connectivity index (χ1) is 8.92. The number of halogens is 3. The molecule has 0 aliphatic carbocycles. The van der Waals surface area contributed by atoms with E-state index in [-0.39, 0.29) is 25.2 Å². The predicted molar refractivity (Wildman–Crippen MR) is 60.5 cm³/mol. The molecule has 0 fully saturated rings. The van der Waals surface area contributed by atoms with E-state index in [1.165, 1.54) is 6.33 Å². The van der Waals surface area contributed by atoms with E-state index in [0.717, 1.165) is 6.42 Å². The lowest BCUT2D eigenvalue weighted by molar-refractivity contribution is -0.174. The normalized spacial score (nSPS) is 11.8. The number of carbonyl (C=O) groups is 1. The van der Waals surface area contributed by atoms with Crippen LogP contribution in [0.5, 0.6) is 0 Å². The summed E-state index contributed by atoms with van der Waals surface area (Å²) in [6.45, 7) is 1.07. The maximum Gasteiger partial charge on any atom is 0.411 e. The monoisotopic (exact) mass is 279 g/mol. The van der Waals surface area contributed by atoms with Crippen LogP contribution in [0.3, 0.4) is 0 Å². The standard InChI is InChI=1S/C11H16F3N3O2/c1-2-4-17-10(15-8-16-17)6-9(18)3-5-19-7-11(12,13)14/h8H,2-7H2,1H3. The fourth-order valence-corrected chi connectivity index (χ4v) is 1.46. The Morgan fingerprint density at radius 1 is 1.47 bits per heavy atom. The van der Waals surface area contributed by atoms with Crippen molar-refractivity contribution >= 4 is 5.78 Å². The lowest BCUT2D eigenvalue weighted by Gasteiger charge is -2.07. The first-order valence-electron chi connectivity index (χ1n) is 5.95. The highest BCUT2D eigenvalue weighted by molar-refractivity contribution is 5.80. The van der Waals surface area contributed by atoms with E-state index in [1.54, 1.807) is 4.68 Å². The molecule has 5 nitrogen and oxygen atoms in total. The summed E-state index contributed by atoms with van der Waals surface area (Å²) >= 11 is 0. The largest absolute Gasteiger partial charge is 0.411 e. The Morgan fingerprint density at radius 3 is 2.84 bits per heavy atom. The topological polar surface area (TPSA) is 57.0 Å². The summed E-state index contributed by atoms with van der Waals surface area (Å²) in [4.78, 5) is 15.5. The maximum absolute atomic E-state index is 11.8. The SMILES string of the molecule is CCCn1ncnc1CC(=O)CCOCC(F)(F)F. The smallest absolute Gasteiger partial charge is 0.372 e. The van der Waals surface area contributed by atoms with Crippen LogP contribution in [0.15, 0.2) is 6.33 Å². The summed E-state index contributed by atoms with van der Waals surface area (Å²) in [5.41, 5.74) is 0. The van der Waals surface area contributed by atoms with Gasteiger partial charge in [0.2, 0.25) is 0 Å². The average molecular weight is 279 g/mol. The number of ether oxygens (including phenoxy) is 1. The van der Waals surface area contributed by atoms with E-state index < -0.39 is 12.8 Å². The van der Waals surface area contributed by atoms with Crippen LogP contribution in [0.2, 0.25) is 0 Å². The third kappa shape index (κ3) is 6.32. The Labute approximate surface area is 108 Å². The minimum absolute atomic E-state index is 0.0605. The zero-order valence-electron chi connectivity index (χ0n) is 10.6. The minimum atomic E-state index is -4.36. The van der Waals surface area contributed by atoms with Crippen molar-refractivity contribution in [3.63, 3.8) is 0 Å². The highest BCUT2D eigenvalue weighted by atomic mass is 19.4. The molecule has 0 amide bonds. The van der Waals surface area contributed by atoms with Crippen LogP contribution in [0.4, 0.5) is 13.2 Å². The fourth-order valence-electron chi connectivity index (χ4n) is 1.46. The first-order valence-corrected chi connectivity index (χ1v) is 5.95. The predicted octanol–water partition coefficient (Wildman–Crippen LogP) is 1.77. The highest BCUT2D eigenvalue weighted by Gasteiger charge is 2.27. The fraction of sp³-hybridized carbons (Fsp3) is 0.727. The molecule has 0 aliphatic rings. The van der Waals surface area contributed by atoms with Crippen LogP contribution in [-0.2, 0) is 22.5 Å². The van der Waals surface area contributed by atoms with Crippen molar-refractivity contribution in [2.24, 2.45) is 0 Å². The van der Waals surface area contributed by atoms with Gasteiger partial charge in [-0.2, -0.15) is 18.3 Å². The van der Waals surface area contributed by atoms with Crippen LogP contribution in [0.25, 0.3) is 0 Å². The molecule has 19 heavy (non-hydrogen) atoms. The zero-order chi connectivity index (χ0) is 14.3. The molecule has 0 unspecified atom stereocenters. The molecule has 0 bridgehead atoms. The lowest BCUT2D eigenvalue weighted by atomic mass is 10.2. The van der Waals surface area contributed by atoms with Gasteiger partial charge in [-0.3, -0.25) is 4.79 Å². The molecule has 1 aromatic rings. The molecule has 1 heterocycles. The summed E-state index contributed by atoms with van der Waals surface area (Å²) in [6.07, 6.45) is -2.13. The van der Waals surface area contributed by atoms with Crippen LogP contribution >= 0.6 is 0 Å². The van der Waals surface area contributed by atoms with E-state index >= 15 is 0 Å². The number of ketones is 1. The van der Waals surface area contributed by atoms with Gasteiger partial charge in [0.1, 0.15) is 24.5 Å². The van der Waals surface area contributed by atoms with Gasteiger partial charge in [0.25, 0.3) is 0 Å². The van der Waals surface area contributed by atoms with Crippen molar-refractivity contribution in [1.82, 2.24) is 14.8 Å². The van der Waals surface area contributed by atoms with Crippen molar-refractivity contribution in [2.45, 2.75) is 38.9 Å². The Hall–Kier alpha value is -1.44. The zero-order valence-corrected chi connectivity index (χ0v) is 10.6. The van der Waals surface area contributed by atoms with Crippen molar-refractivity contribution in [3.8, 4) is 0 Å². The number of carbonyl (C=O) groups excluding carboxylic acids is 1. The van der Waals surface area contributed by atoms with E-state index in [2.05, 4.69) is 14.8 Å². The number of rotatable bonds is 8. The summed E-state index contributed by atoms with van der Waals surface area (Å²) in [7, 11) is 0. The third-order valence-electron chi connectivity index (χ3n) is 2.28. The molecule has 0 atom stereocenters. The Kier molecular flexibility index (Phi) is 5.94. The van der Waals surface area contributed by atoms with E-state index in [1.807, 2.05) is 6.92 Å². The van der Waals surface area contributed by atoms with Crippen LogP contribution < -0.4 is 0 Å². The van der Waals surface area contributed by atoms with Gasteiger partial charge in [-0.25, -0.2) is 9.67 Å². The van der Waals surface area contributed by atoms with Gasteiger partial charge in [-0.15, -0.1) is 0 Å². The molecule has 0 N–H and O–H groups in total. The molecule has 1 aromatic heterocycles. The molecule has 108 valence electrons. The second-order valence-corrected chi connectivity index (χ2v) is 4.03. The number of alkyl halides is 3. The van der Waals surface area contributed by atoms with Crippen molar-refractivity contribution in [3.05, 3.63) is 12.2 Å². The second kappa shape index (κ2) is 7.22. The van der Waals surface area contributed by atoms with Crippen molar-refractivity contribution < 1.29 is 22.7 Å². The van der Waals surface area contributed by atoms with Crippen molar-refractivity contribution in [1.29, 1.82) is 0 Å². The molecule has 0 saturated heterocycles. The average Bonchev–Trinajstić information content (AvgIpc) is 2.72. The minimum Gasteiger partial charge on any atom is -0.372 e.